The Hall–Kier alpha value is -3.35. The van der Waals surface area contributed by atoms with Crippen molar-refractivity contribution in [2.45, 2.75) is 13.5 Å². The van der Waals surface area contributed by atoms with Crippen molar-refractivity contribution < 1.29 is 9.18 Å². The van der Waals surface area contributed by atoms with Crippen LogP contribution in [0.1, 0.15) is 22.8 Å². The molecular weight excluding hydrogens is 321 g/mol. The van der Waals surface area contributed by atoms with Crippen molar-refractivity contribution in [2.75, 3.05) is 10.6 Å². The molecule has 3 rings (SSSR count). The van der Waals surface area contributed by atoms with Crippen molar-refractivity contribution in [1.82, 2.24) is 15.2 Å². The van der Waals surface area contributed by atoms with Crippen LogP contribution in [0.25, 0.3) is 0 Å². The Labute approximate surface area is 144 Å². The van der Waals surface area contributed by atoms with E-state index in [-0.39, 0.29) is 11.6 Å². The molecule has 0 saturated heterocycles. The Balaban J connectivity index is 1.68. The first-order valence-electron chi connectivity index (χ1n) is 7.66. The Kier molecular flexibility index (Phi) is 4.94. The van der Waals surface area contributed by atoms with Gasteiger partial charge in [0.2, 0.25) is 5.95 Å². The van der Waals surface area contributed by atoms with Gasteiger partial charge in [0.15, 0.2) is 11.6 Å². The van der Waals surface area contributed by atoms with E-state index in [1.165, 1.54) is 25.3 Å². The lowest BCUT2D eigenvalue weighted by Crippen LogP contribution is -2.06. The molecule has 0 aliphatic rings. The third-order valence-electron chi connectivity index (χ3n) is 3.46. The first kappa shape index (κ1) is 16.5. The van der Waals surface area contributed by atoms with Crippen LogP contribution in [0.2, 0.25) is 0 Å². The first-order valence-corrected chi connectivity index (χ1v) is 7.66. The number of ketones is 1. The summed E-state index contributed by atoms with van der Waals surface area (Å²) in [6.07, 6.45) is 1.49. The molecule has 0 atom stereocenters. The molecule has 1 heterocycles. The lowest BCUT2D eigenvalue weighted by atomic mass is 10.1. The SMILES string of the molecule is CC(=O)c1cccc(Nc2cnnc(NCc3ccc(F)cc3)n2)c1. The van der Waals surface area contributed by atoms with Crippen LogP contribution in [-0.2, 0) is 6.54 Å². The second-order valence-corrected chi connectivity index (χ2v) is 5.41. The molecule has 0 fully saturated rings. The van der Waals surface area contributed by atoms with E-state index >= 15 is 0 Å². The molecular formula is C18H16FN5O. The van der Waals surface area contributed by atoms with Gasteiger partial charge in [-0.25, -0.2) is 4.39 Å². The number of halogens is 1. The van der Waals surface area contributed by atoms with E-state index in [1.54, 1.807) is 30.3 Å². The number of carbonyl (C=O) groups is 1. The molecule has 1 aromatic heterocycles. The normalized spacial score (nSPS) is 10.3. The minimum absolute atomic E-state index is 0.00823. The summed E-state index contributed by atoms with van der Waals surface area (Å²) in [6, 6.07) is 13.3. The van der Waals surface area contributed by atoms with Crippen molar-refractivity contribution >= 4 is 23.2 Å². The average molecular weight is 337 g/mol. The van der Waals surface area contributed by atoms with Crippen molar-refractivity contribution in [2.24, 2.45) is 0 Å². The molecule has 0 amide bonds. The molecule has 7 heteroatoms. The molecule has 0 aliphatic carbocycles. The fraction of sp³-hybridized carbons (Fsp3) is 0.111. The number of Topliss-reactive ketones (excluding diaryl/α,β-unsaturated/α-hetero) is 1. The Morgan fingerprint density at radius 3 is 2.72 bits per heavy atom. The van der Waals surface area contributed by atoms with Crippen LogP contribution in [0, 0.1) is 5.82 Å². The van der Waals surface area contributed by atoms with Gasteiger partial charge in [-0.1, -0.05) is 24.3 Å². The number of hydrogen-bond donors (Lipinski definition) is 2. The summed E-state index contributed by atoms with van der Waals surface area (Å²) in [5.41, 5.74) is 2.25. The number of nitrogens with zero attached hydrogens (tertiary/aromatic N) is 3. The van der Waals surface area contributed by atoms with Gasteiger partial charge < -0.3 is 10.6 Å². The van der Waals surface area contributed by atoms with E-state index in [2.05, 4.69) is 25.8 Å². The Morgan fingerprint density at radius 1 is 1.16 bits per heavy atom. The monoisotopic (exact) mass is 337 g/mol. The van der Waals surface area contributed by atoms with Crippen LogP contribution in [0.4, 0.5) is 21.8 Å². The van der Waals surface area contributed by atoms with Gasteiger partial charge in [-0.2, -0.15) is 10.1 Å². The molecule has 0 bridgehead atoms. The minimum atomic E-state index is -0.277. The van der Waals surface area contributed by atoms with Gasteiger partial charge in [0.1, 0.15) is 5.82 Å². The predicted molar refractivity (Wildman–Crippen MR) is 93.3 cm³/mol. The van der Waals surface area contributed by atoms with Gasteiger partial charge in [-0.15, -0.1) is 5.10 Å². The fourth-order valence-corrected chi connectivity index (χ4v) is 2.19. The summed E-state index contributed by atoms with van der Waals surface area (Å²) in [5, 5.41) is 13.9. The van der Waals surface area contributed by atoms with Gasteiger partial charge in [0.25, 0.3) is 0 Å². The van der Waals surface area contributed by atoms with Crippen LogP contribution in [0.5, 0.6) is 0 Å². The number of anilines is 3. The first-order chi connectivity index (χ1) is 12.1. The van der Waals surface area contributed by atoms with Crippen LogP contribution in [0.15, 0.2) is 54.7 Å². The summed E-state index contributed by atoms with van der Waals surface area (Å²) in [7, 11) is 0. The lowest BCUT2D eigenvalue weighted by molar-refractivity contribution is 0.101. The van der Waals surface area contributed by atoms with Gasteiger partial charge >= 0.3 is 0 Å². The van der Waals surface area contributed by atoms with E-state index < -0.39 is 0 Å². The van der Waals surface area contributed by atoms with Crippen LogP contribution >= 0.6 is 0 Å². The zero-order valence-corrected chi connectivity index (χ0v) is 13.5. The summed E-state index contributed by atoms with van der Waals surface area (Å²) in [6.45, 7) is 1.97. The van der Waals surface area contributed by atoms with E-state index in [1.807, 2.05) is 6.07 Å². The molecule has 126 valence electrons. The number of hydrogen-bond acceptors (Lipinski definition) is 6. The van der Waals surface area contributed by atoms with E-state index in [4.69, 9.17) is 0 Å². The van der Waals surface area contributed by atoms with Crippen molar-refractivity contribution in [3.05, 3.63) is 71.7 Å². The largest absolute Gasteiger partial charge is 0.349 e. The molecule has 2 aromatic carbocycles. The second-order valence-electron chi connectivity index (χ2n) is 5.41. The number of rotatable bonds is 6. The molecule has 25 heavy (non-hydrogen) atoms. The Bertz CT molecular complexity index is 883. The number of benzene rings is 2. The quantitative estimate of drug-likeness (QED) is 0.670. The minimum Gasteiger partial charge on any atom is -0.349 e. The number of nitrogens with one attached hydrogen (secondary N) is 2. The van der Waals surface area contributed by atoms with Crippen molar-refractivity contribution in [3.63, 3.8) is 0 Å². The summed E-state index contributed by atoms with van der Waals surface area (Å²) >= 11 is 0. The maximum atomic E-state index is 12.9. The predicted octanol–water partition coefficient (Wildman–Crippen LogP) is 3.57. The topological polar surface area (TPSA) is 79.8 Å². The highest BCUT2D eigenvalue weighted by atomic mass is 19.1. The molecule has 0 aliphatic heterocycles. The maximum Gasteiger partial charge on any atom is 0.244 e. The zero-order chi connectivity index (χ0) is 17.6. The van der Waals surface area contributed by atoms with Crippen LogP contribution in [0.3, 0.4) is 0 Å². The van der Waals surface area contributed by atoms with Gasteiger partial charge in [-0.05, 0) is 36.8 Å². The summed E-state index contributed by atoms with van der Waals surface area (Å²) in [5.74, 6) is 0.557. The molecule has 0 unspecified atom stereocenters. The summed E-state index contributed by atoms with van der Waals surface area (Å²) < 4.78 is 12.9. The summed E-state index contributed by atoms with van der Waals surface area (Å²) in [4.78, 5) is 15.8. The van der Waals surface area contributed by atoms with E-state index in [0.29, 0.717) is 23.9 Å². The smallest absolute Gasteiger partial charge is 0.244 e. The third kappa shape index (κ3) is 4.57. The molecule has 0 saturated carbocycles. The highest BCUT2D eigenvalue weighted by Crippen LogP contribution is 2.16. The number of aromatic nitrogens is 3. The lowest BCUT2D eigenvalue weighted by Gasteiger charge is -2.08. The van der Waals surface area contributed by atoms with Crippen molar-refractivity contribution in [1.29, 1.82) is 0 Å². The molecule has 3 aromatic rings. The average Bonchev–Trinajstić information content (AvgIpc) is 2.62. The zero-order valence-electron chi connectivity index (χ0n) is 13.5. The number of carbonyl (C=O) groups excluding carboxylic acids is 1. The van der Waals surface area contributed by atoms with E-state index in [0.717, 1.165) is 11.3 Å². The molecule has 0 spiro atoms. The second kappa shape index (κ2) is 7.48. The highest BCUT2D eigenvalue weighted by Gasteiger charge is 2.04. The highest BCUT2D eigenvalue weighted by molar-refractivity contribution is 5.95. The van der Waals surface area contributed by atoms with Crippen LogP contribution in [-0.4, -0.2) is 21.0 Å². The fourth-order valence-electron chi connectivity index (χ4n) is 2.19. The van der Waals surface area contributed by atoms with Gasteiger partial charge in [0.05, 0.1) is 6.20 Å². The van der Waals surface area contributed by atoms with Gasteiger partial charge in [0, 0.05) is 17.8 Å². The Morgan fingerprint density at radius 2 is 1.96 bits per heavy atom. The van der Waals surface area contributed by atoms with Crippen LogP contribution < -0.4 is 10.6 Å². The molecule has 6 nitrogen and oxygen atoms in total. The maximum absolute atomic E-state index is 12.9. The molecule has 0 radical (unpaired) electrons. The molecule has 2 N–H and O–H groups in total. The standard InChI is InChI=1S/C18H16FN5O/c1-12(25)14-3-2-4-16(9-14)22-17-11-21-24-18(23-17)20-10-13-5-7-15(19)8-6-13/h2-9,11H,10H2,1H3,(H2,20,22,23,24). The van der Waals surface area contributed by atoms with Gasteiger partial charge in [-0.3, -0.25) is 4.79 Å². The van der Waals surface area contributed by atoms with E-state index in [9.17, 15) is 9.18 Å². The third-order valence-corrected chi connectivity index (χ3v) is 3.46. The van der Waals surface area contributed by atoms with Crippen molar-refractivity contribution in [3.8, 4) is 0 Å².